The average Bonchev–Trinajstić information content (AvgIpc) is 3.08. The van der Waals surface area contributed by atoms with Gasteiger partial charge in [0.1, 0.15) is 0 Å². The molecule has 0 bridgehead atoms. The van der Waals surface area contributed by atoms with Gasteiger partial charge < -0.3 is 4.90 Å². The molecule has 0 aromatic heterocycles. The molecule has 1 amide bonds. The van der Waals surface area contributed by atoms with Crippen LogP contribution in [-0.2, 0) is 4.79 Å². The molecular weight excluding hydrogens is 248 g/mol. The van der Waals surface area contributed by atoms with Crippen molar-refractivity contribution in [2.24, 2.45) is 11.3 Å². The SMILES string of the molecule is CC(C)C1NC2(CCCC2)C(=O)N1CC1(C)CCCC1. The van der Waals surface area contributed by atoms with Crippen molar-refractivity contribution in [2.45, 2.75) is 83.8 Å². The predicted octanol–water partition coefficient (Wildman–Crippen LogP) is 3.29. The summed E-state index contributed by atoms with van der Waals surface area (Å²) in [6, 6.07) is 0. The van der Waals surface area contributed by atoms with E-state index in [1.807, 2.05) is 0 Å². The van der Waals surface area contributed by atoms with Gasteiger partial charge in [0.25, 0.3) is 0 Å². The van der Waals surface area contributed by atoms with Crippen molar-refractivity contribution in [3.05, 3.63) is 0 Å². The van der Waals surface area contributed by atoms with Gasteiger partial charge in [0.05, 0.1) is 11.7 Å². The van der Waals surface area contributed by atoms with Gasteiger partial charge in [-0.25, -0.2) is 0 Å². The van der Waals surface area contributed by atoms with E-state index in [0.717, 1.165) is 19.4 Å². The van der Waals surface area contributed by atoms with Crippen LogP contribution in [0.25, 0.3) is 0 Å². The summed E-state index contributed by atoms with van der Waals surface area (Å²) in [4.78, 5) is 15.2. The van der Waals surface area contributed by atoms with E-state index in [1.165, 1.54) is 38.5 Å². The van der Waals surface area contributed by atoms with Gasteiger partial charge in [-0.1, -0.05) is 46.5 Å². The monoisotopic (exact) mass is 278 g/mol. The van der Waals surface area contributed by atoms with Crippen molar-refractivity contribution < 1.29 is 4.79 Å². The summed E-state index contributed by atoms with van der Waals surface area (Å²) in [5.41, 5.74) is 0.151. The summed E-state index contributed by atoms with van der Waals surface area (Å²) in [6.07, 6.45) is 9.99. The second-order valence-corrected chi connectivity index (χ2v) is 8.07. The Morgan fingerprint density at radius 1 is 1.15 bits per heavy atom. The number of amides is 1. The topological polar surface area (TPSA) is 32.3 Å². The van der Waals surface area contributed by atoms with E-state index in [1.54, 1.807) is 0 Å². The highest BCUT2D eigenvalue weighted by Gasteiger charge is 2.53. The fourth-order valence-electron chi connectivity index (χ4n) is 4.66. The Balaban J connectivity index is 1.81. The molecule has 1 aliphatic heterocycles. The van der Waals surface area contributed by atoms with E-state index in [0.29, 0.717) is 17.2 Å². The first kappa shape index (κ1) is 14.4. The Kier molecular flexibility index (Phi) is 3.60. The largest absolute Gasteiger partial charge is 0.325 e. The molecule has 1 saturated heterocycles. The van der Waals surface area contributed by atoms with Crippen molar-refractivity contribution in [1.82, 2.24) is 10.2 Å². The van der Waals surface area contributed by atoms with E-state index < -0.39 is 0 Å². The number of nitrogens with one attached hydrogen (secondary N) is 1. The summed E-state index contributed by atoms with van der Waals surface area (Å²) in [5, 5.41) is 3.73. The summed E-state index contributed by atoms with van der Waals surface area (Å²) >= 11 is 0. The highest BCUT2D eigenvalue weighted by Crippen LogP contribution is 2.43. The molecule has 3 aliphatic rings. The third kappa shape index (κ3) is 2.28. The molecule has 1 spiro atoms. The second-order valence-electron chi connectivity index (χ2n) is 8.07. The fraction of sp³-hybridized carbons (Fsp3) is 0.941. The molecule has 3 rings (SSSR count). The van der Waals surface area contributed by atoms with Crippen LogP contribution in [0.5, 0.6) is 0 Å². The third-order valence-electron chi connectivity index (χ3n) is 5.88. The number of carbonyl (C=O) groups excluding carboxylic acids is 1. The van der Waals surface area contributed by atoms with Crippen LogP contribution in [0.3, 0.4) is 0 Å². The van der Waals surface area contributed by atoms with Gasteiger partial charge in [0.2, 0.25) is 5.91 Å². The van der Waals surface area contributed by atoms with Gasteiger partial charge in [-0.05, 0) is 37.0 Å². The van der Waals surface area contributed by atoms with Crippen LogP contribution in [0, 0.1) is 11.3 Å². The van der Waals surface area contributed by atoms with Crippen molar-refractivity contribution in [3.8, 4) is 0 Å². The first-order valence-electron chi connectivity index (χ1n) is 8.55. The molecule has 3 heteroatoms. The van der Waals surface area contributed by atoms with Crippen LogP contribution < -0.4 is 5.32 Å². The molecule has 0 radical (unpaired) electrons. The average molecular weight is 278 g/mol. The van der Waals surface area contributed by atoms with Gasteiger partial charge >= 0.3 is 0 Å². The molecule has 3 fully saturated rings. The molecule has 20 heavy (non-hydrogen) atoms. The van der Waals surface area contributed by atoms with Gasteiger partial charge in [-0.15, -0.1) is 0 Å². The number of hydrogen-bond donors (Lipinski definition) is 1. The standard InChI is InChI=1S/C17H30N2O/c1-13(2)14-18-17(10-6-7-11-17)15(20)19(14)12-16(3)8-4-5-9-16/h13-14,18H,4-12H2,1-3H3. The van der Waals surface area contributed by atoms with Crippen molar-refractivity contribution in [2.75, 3.05) is 6.54 Å². The number of carbonyl (C=O) groups is 1. The maximum absolute atomic E-state index is 13.0. The van der Waals surface area contributed by atoms with Gasteiger partial charge in [-0.3, -0.25) is 10.1 Å². The summed E-state index contributed by atoms with van der Waals surface area (Å²) in [6.45, 7) is 7.82. The molecule has 1 heterocycles. The van der Waals surface area contributed by atoms with Crippen LogP contribution in [0.15, 0.2) is 0 Å². The first-order chi connectivity index (χ1) is 9.46. The Morgan fingerprint density at radius 3 is 2.25 bits per heavy atom. The number of rotatable bonds is 3. The molecular formula is C17H30N2O. The van der Waals surface area contributed by atoms with Gasteiger partial charge in [-0.2, -0.15) is 0 Å². The van der Waals surface area contributed by atoms with Crippen molar-refractivity contribution in [1.29, 1.82) is 0 Å². The smallest absolute Gasteiger partial charge is 0.244 e. The maximum atomic E-state index is 13.0. The Bertz CT molecular complexity index is 378. The van der Waals surface area contributed by atoms with Crippen LogP contribution in [0.4, 0.5) is 0 Å². The Labute approximate surface area is 123 Å². The van der Waals surface area contributed by atoms with Crippen LogP contribution in [0.1, 0.15) is 72.1 Å². The second kappa shape index (κ2) is 5.01. The van der Waals surface area contributed by atoms with Crippen LogP contribution in [-0.4, -0.2) is 29.1 Å². The highest BCUT2D eigenvalue weighted by atomic mass is 16.2. The molecule has 0 aromatic carbocycles. The van der Waals surface area contributed by atoms with E-state index in [9.17, 15) is 4.79 Å². The minimum atomic E-state index is -0.204. The fourth-order valence-corrected chi connectivity index (χ4v) is 4.66. The van der Waals surface area contributed by atoms with Crippen molar-refractivity contribution >= 4 is 5.91 Å². The lowest BCUT2D eigenvalue weighted by molar-refractivity contribution is -0.135. The van der Waals surface area contributed by atoms with Crippen LogP contribution in [0.2, 0.25) is 0 Å². The lowest BCUT2D eigenvalue weighted by Gasteiger charge is -2.34. The minimum Gasteiger partial charge on any atom is -0.325 e. The van der Waals surface area contributed by atoms with Gasteiger partial charge in [0, 0.05) is 6.54 Å². The summed E-state index contributed by atoms with van der Waals surface area (Å²) < 4.78 is 0. The predicted molar refractivity (Wildman–Crippen MR) is 81.2 cm³/mol. The van der Waals surface area contributed by atoms with E-state index in [2.05, 4.69) is 31.0 Å². The van der Waals surface area contributed by atoms with Crippen LogP contribution >= 0.6 is 0 Å². The third-order valence-corrected chi connectivity index (χ3v) is 5.88. The molecule has 2 aliphatic carbocycles. The first-order valence-corrected chi connectivity index (χ1v) is 8.55. The zero-order valence-electron chi connectivity index (χ0n) is 13.4. The zero-order valence-corrected chi connectivity index (χ0v) is 13.4. The molecule has 1 N–H and O–H groups in total. The number of hydrogen-bond acceptors (Lipinski definition) is 2. The molecule has 2 saturated carbocycles. The minimum absolute atomic E-state index is 0.204. The van der Waals surface area contributed by atoms with Crippen molar-refractivity contribution in [3.63, 3.8) is 0 Å². The molecule has 0 aromatic rings. The number of nitrogens with zero attached hydrogens (tertiary/aromatic N) is 1. The molecule has 3 nitrogen and oxygen atoms in total. The van der Waals surface area contributed by atoms with E-state index >= 15 is 0 Å². The summed E-state index contributed by atoms with van der Waals surface area (Å²) in [7, 11) is 0. The van der Waals surface area contributed by atoms with E-state index in [-0.39, 0.29) is 11.7 Å². The quantitative estimate of drug-likeness (QED) is 0.859. The Morgan fingerprint density at radius 2 is 1.70 bits per heavy atom. The maximum Gasteiger partial charge on any atom is 0.244 e. The van der Waals surface area contributed by atoms with Gasteiger partial charge in [0.15, 0.2) is 0 Å². The Hall–Kier alpha value is -0.570. The highest BCUT2D eigenvalue weighted by molar-refractivity contribution is 5.89. The normalized spacial score (nSPS) is 31.9. The molecule has 1 atom stereocenters. The summed E-state index contributed by atoms with van der Waals surface area (Å²) in [5.74, 6) is 0.894. The lowest BCUT2D eigenvalue weighted by Crippen LogP contribution is -2.46. The molecule has 1 unspecified atom stereocenters. The lowest BCUT2D eigenvalue weighted by atomic mass is 9.87. The molecule has 114 valence electrons. The zero-order chi connectivity index (χ0) is 14.4. The van der Waals surface area contributed by atoms with E-state index in [4.69, 9.17) is 0 Å².